The molecule has 104 valence electrons. The fourth-order valence-corrected chi connectivity index (χ4v) is 3.46. The Labute approximate surface area is 126 Å². The quantitative estimate of drug-likeness (QED) is 0.574. The lowest BCUT2D eigenvalue weighted by molar-refractivity contribution is 0.778. The number of aromatic nitrogens is 4. The Kier molecular flexibility index (Phi) is 2.93. The van der Waals surface area contributed by atoms with Crippen LogP contribution in [-0.2, 0) is 6.42 Å². The van der Waals surface area contributed by atoms with Gasteiger partial charge in [0.1, 0.15) is 5.01 Å². The minimum Gasteiger partial charge on any atom is -0.187 e. The highest BCUT2D eigenvalue weighted by Crippen LogP contribution is 2.31. The third kappa shape index (κ3) is 2.01. The molecule has 21 heavy (non-hydrogen) atoms. The molecule has 2 aromatic carbocycles. The van der Waals surface area contributed by atoms with Crippen LogP contribution in [-0.4, -0.2) is 19.8 Å². The molecule has 0 radical (unpaired) electrons. The zero-order chi connectivity index (χ0) is 14.2. The number of aryl methyl sites for hydroxylation is 1. The minimum absolute atomic E-state index is 0.862. The molecule has 0 aliphatic rings. The lowest BCUT2D eigenvalue weighted by atomic mass is 10.1. The summed E-state index contributed by atoms with van der Waals surface area (Å²) in [7, 11) is 0. The van der Waals surface area contributed by atoms with Gasteiger partial charge in [-0.3, -0.25) is 0 Å². The summed E-state index contributed by atoms with van der Waals surface area (Å²) in [5, 5.41) is 16.6. The molecule has 4 nitrogen and oxygen atoms in total. The first-order valence-electron chi connectivity index (χ1n) is 7.06. The normalized spacial score (nSPS) is 11.5. The zero-order valence-corrected chi connectivity index (χ0v) is 12.5. The van der Waals surface area contributed by atoms with Gasteiger partial charge in [0.05, 0.1) is 0 Å². The van der Waals surface area contributed by atoms with Crippen LogP contribution in [0.25, 0.3) is 26.3 Å². The van der Waals surface area contributed by atoms with E-state index >= 15 is 0 Å². The van der Waals surface area contributed by atoms with Crippen molar-refractivity contribution >= 4 is 27.1 Å². The maximum absolute atomic E-state index is 4.72. The summed E-state index contributed by atoms with van der Waals surface area (Å²) >= 11 is 1.59. The van der Waals surface area contributed by atoms with E-state index in [4.69, 9.17) is 5.10 Å². The second-order valence-corrected chi connectivity index (χ2v) is 5.95. The first-order valence-corrected chi connectivity index (χ1v) is 7.87. The average molecular weight is 294 g/mol. The van der Waals surface area contributed by atoms with Crippen LogP contribution in [0.2, 0.25) is 0 Å². The van der Waals surface area contributed by atoms with Crippen molar-refractivity contribution in [1.82, 2.24) is 19.8 Å². The van der Waals surface area contributed by atoms with Crippen molar-refractivity contribution in [2.24, 2.45) is 0 Å². The van der Waals surface area contributed by atoms with E-state index in [1.54, 1.807) is 11.3 Å². The van der Waals surface area contributed by atoms with Gasteiger partial charge in [-0.2, -0.15) is 9.61 Å². The van der Waals surface area contributed by atoms with Gasteiger partial charge < -0.3 is 0 Å². The molecule has 0 bridgehead atoms. The lowest BCUT2D eigenvalue weighted by Gasteiger charge is -2.02. The van der Waals surface area contributed by atoms with Gasteiger partial charge in [-0.25, -0.2) is 0 Å². The second-order valence-electron chi connectivity index (χ2n) is 4.99. The molecule has 0 aliphatic carbocycles. The summed E-state index contributed by atoms with van der Waals surface area (Å²) in [6.07, 6.45) is 1.95. The maximum Gasteiger partial charge on any atom is 0.234 e. The Hall–Kier alpha value is -2.27. The third-order valence-corrected chi connectivity index (χ3v) is 4.48. The van der Waals surface area contributed by atoms with Gasteiger partial charge in [-0.1, -0.05) is 60.7 Å². The topological polar surface area (TPSA) is 43.1 Å². The van der Waals surface area contributed by atoms with Crippen LogP contribution in [0.3, 0.4) is 0 Å². The van der Waals surface area contributed by atoms with Gasteiger partial charge in [-0.05, 0) is 17.2 Å². The molecule has 0 spiro atoms. The molecule has 0 saturated carbocycles. The summed E-state index contributed by atoms with van der Waals surface area (Å²) in [6.45, 7) is 2.14. The van der Waals surface area contributed by atoms with Gasteiger partial charge in [0, 0.05) is 12.0 Å². The van der Waals surface area contributed by atoms with Gasteiger partial charge in [0.15, 0.2) is 5.82 Å². The third-order valence-electron chi connectivity index (χ3n) is 3.55. The fourth-order valence-electron chi connectivity index (χ4n) is 2.56. The Bertz CT molecular complexity index is 917. The van der Waals surface area contributed by atoms with E-state index in [0.29, 0.717) is 0 Å². The van der Waals surface area contributed by atoms with Crippen LogP contribution in [0.5, 0.6) is 0 Å². The molecule has 4 rings (SSSR count). The average Bonchev–Trinajstić information content (AvgIpc) is 3.09. The van der Waals surface area contributed by atoms with Gasteiger partial charge >= 0.3 is 0 Å². The summed E-state index contributed by atoms with van der Waals surface area (Å²) in [5.74, 6) is 0.940. The van der Waals surface area contributed by atoms with Crippen molar-refractivity contribution in [2.75, 3.05) is 0 Å². The summed E-state index contributed by atoms with van der Waals surface area (Å²) in [4.78, 5) is 0.862. The molecular formula is C16H14N4S. The van der Waals surface area contributed by atoms with Crippen LogP contribution >= 0.6 is 11.3 Å². The highest BCUT2D eigenvalue weighted by Gasteiger charge is 2.13. The number of fused-ring (bicyclic) bond motifs is 2. The minimum atomic E-state index is 0.862. The summed E-state index contributed by atoms with van der Waals surface area (Å²) in [5.41, 5.74) is 1.16. The molecule has 2 heterocycles. The van der Waals surface area contributed by atoms with Crippen LogP contribution in [0, 0.1) is 0 Å². The second kappa shape index (κ2) is 4.93. The van der Waals surface area contributed by atoms with Crippen molar-refractivity contribution < 1.29 is 0 Å². The lowest BCUT2D eigenvalue weighted by Crippen LogP contribution is -1.95. The first kappa shape index (κ1) is 12.5. The number of benzene rings is 2. The molecule has 2 aromatic heterocycles. The molecule has 4 aromatic rings. The Morgan fingerprint density at radius 3 is 2.81 bits per heavy atom. The highest BCUT2D eigenvalue weighted by molar-refractivity contribution is 7.19. The maximum atomic E-state index is 4.72. The zero-order valence-electron chi connectivity index (χ0n) is 11.7. The Morgan fingerprint density at radius 2 is 1.90 bits per heavy atom. The van der Waals surface area contributed by atoms with Crippen LogP contribution in [0.1, 0.15) is 19.2 Å². The van der Waals surface area contributed by atoms with Crippen molar-refractivity contribution in [2.45, 2.75) is 19.8 Å². The molecule has 0 atom stereocenters. The number of hydrogen-bond donors (Lipinski definition) is 0. The number of rotatable bonds is 3. The van der Waals surface area contributed by atoms with Crippen molar-refractivity contribution in [3.05, 3.63) is 48.3 Å². The van der Waals surface area contributed by atoms with E-state index in [1.807, 2.05) is 4.52 Å². The van der Waals surface area contributed by atoms with E-state index in [9.17, 15) is 0 Å². The van der Waals surface area contributed by atoms with Gasteiger partial charge in [0.2, 0.25) is 4.96 Å². The van der Waals surface area contributed by atoms with Gasteiger partial charge in [-0.15, -0.1) is 10.2 Å². The van der Waals surface area contributed by atoms with E-state index < -0.39 is 0 Å². The molecule has 0 aliphatic heterocycles. The Morgan fingerprint density at radius 1 is 1.05 bits per heavy atom. The van der Waals surface area contributed by atoms with E-state index in [0.717, 1.165) is 34.2 Å². The number of nitrogens with zero attached hydrogens (tertiary/aromatic N) is 4. The molecule has 0 unspecified atom stereocenters. The van der Waals surface area contributed by atoms with E-state index in [2.05, 4.69) is 59.6 Å². The highest BCUT2D eigenvalue weighted by atomic mass is 32.1. The van der Waals surface area contributed by atoms with Crippen molar-refractivity contribution in [1.29, 1.82) is 0 Å². The van der Waals surface area contributed by atoms with E-state index in [-0.39, 0.29) is 0 Å². The van der Waals surface area contributed by atoms with Crippen LogP contribution < -0.4 is 0 Å². The van der Waals surface area contributed by atoms with Crippen molar-refractivity contribution in [3.63, 3.8) is 0 Å². The van der Waals surface area contributed by atoms with E-state index in [1.165, 1.54) is 10.8 Å². The SMILES string of the molecule is CCCc1nnc2sc(-c3cccc4ccccc34)nn12. The predicted molar refractivity (Wildman–Crippen MR) is 85.6 cm³/mol. The molecule has 0 N–H and O–H groups in total. The van der Waals surface area contributed by atoms with Crippen LogP contribution in [0.15, 0.2) is 42.5 Å². The monoisotopic (exact) mass is 294 g/mol. The Balaban J connectivity index is 1.92. The summed E-state index contributed by atoms with van der Waals surface area (Å²) in [6, 6.07) is 14.7. The van der Waals surface area contributed by atoms with Crippen molar-refractivity contribution in [3.8, 4) is 10.6 Å². The smallest absolute Gasteiger partial charge is 0.187 e. The molecule has 5 heteroatoms. The fraction of sp³-hybridized carbons (Fsp3) is 0.188. The molecular weight excluding hydrogens is 280 g/mol. The molecule has 0 fully saturated rings. The standard InChI is InChI=1S/C16H14N4S/c1-2-6-14-17-18-16-20(14)19-15(21-16)13-10-5-8-11-7-3-4-9-12(11)13/h3-5,7-10H,2,6H2,1H3. The molecule has 0 amide bonds. The number of hydrogen-bond acceptors (Lipinski definition) is 4. The molecule has 0 saturated heterocycles. The van der Waals surface area contributed by atoms with Crippen LogP contribution in [0.4, 0.5) is 0 Å². The largest absolute Gasteiger partial charge is 0.234 e. The predicted octanol–water partition coefficient (Wildman–Crippen LogP) is 3.96. The van der Waals surface area contributed by atoms with Gasteiger partial charge in [0.25, 0.3) is 0 Å². The summed E-state index contributed by atoms with van der Waals surface area (Å²) < 4.78 is 1.88. The first-order chi connectivity index (χ1) is 10.4.